The smallest absolute Gasteiger partial charge is 0.271 e. The van der Waals surface area contributed by atoms with E-state index in [9.17, 15) is 4.79 Å². The third-order valence-corrected chi connectivity index (χ3v) is 3.20. The Labute approximate surface area is 88.1 Å². The van der Waals surface area contributed by atoms with E-state index in [-0.39, 0.29) is 0 Å². The lowest BCUT2D eigenvalue weighted by Crippen LogP contribution is -2.52. The molecule has 1 aromatic rings. The van der Waals surface area contributed by atoms with Gasteiger partial charge in [0, 0.05) is 19.6 Å². The molecule has 1 amide bonds. The number of hydrogen-bond donors (Lipinski definition) is 1. The molecule has 0 spiro atoms. The standard InChI is InChI=1S/C11H12N3O/c12-11(15)8-3-1-2-7-9-6-13-4-5-14(9)10(7)8/h1-3,9,12-13H,4-6H2. The van der Waals surface area contributed by atoms with Crippen molar-refractivity contribution in [2.24, 2.45) is 0 Å². The summed E-state index contributed by atoms with van der Waals surface area (Å²) in [7, 11) is 0. The highest BCUT2D eigenvalue weighted by Gasteiger charge is 2.38. The molecule has 2 aliphatic rings. The summed E-state index contributed by atoms with van der Waals surface area (Å²) >= 11 is 0. The van der Waals surface area contributed by atoms with Crippen LogP contribution in [0.3, 0.4) is 0 Å². The Hall–Kier alpha value is -1.55. The second-order valence-corrected chi connectivity index (χ2v) is 3.99. The zero-order valence-corrected chi connectivity index (χ0v) is 8.29. The topological polar surface area (TPSA) is 56.1 Å². The lowest BCUT2D eigenvalue weighted by molar-refractivity contribution is 0.0991. The molecule has 1 atom stereocenters. The molecule has 4 heteroatoms. The average molecular weight is 202 g/mol. The number of para-hydroxylation sites is 1. The van der Waals surface area contributed by atoms with E-state index in [4.69, 9.17) is 5.73 Å². The molecule has 1 fully saturated rings. The van der Waals surface area contributed by atoms with Crippen LogP contribution in [0.15, 0.2) is 18.2 Å². The maximum absolute atomic E-state index is 11.2. The molecule has 15 heavy (non-hydrogen) atoms. The minimum atomic E-state index is -0.580. The molecule has 3 rings (SSSR count). The molecular formula is C11H12N3O. The van der Waals surface area contributed by atoms with Gasteiger partial charge >= 0.3 is 0 Å². The van der Waals surface area contributed by atoms with Gasteiger partial charge in [0.15, 0.2) is 0 Å². The molecule has 0 aromatic heterocycles. The third kappa shape index (κ3) is 1.08. The van der Waals surface area contributed by atoms with Crippen LogP contribution in [0.25, 0.3) is 0 Å². The predicted octanol–water partition coefficient (Wildman–Crippen LogP) is 0.574. The van der Waals surface area contributed by atoms with Crippen molar-refractivity contribution in [1.82, 2.24) is 11.1 Å². The van der Waals surface area contributed by atoms with Gasteiger partial charge in [0.1, 0.15) is 0 Å². The van der Waals surface area contributed by atoms with Crippen molar-refractivity contribution in [2.45, 2.75) is 6.04 Å². The normalized spacial score (nSPS) is 22.7. The van der Waals surface area contributed by atoms with E-state index in [2.05, 4.69) is 16.3 Å². The van der Waals surface area contributed by atoms with E-state index in [0.29, 0.717) is 11.6 Å². The molecule has 1 saturated heterocycles. The van der Waals surface area contributed by atoms with Crippen LogP contribution in [0, 0.1) is 0 Å². The molecule has 77 valence electrons. The lowest BCUT2D eigenvalue weighted by Gasteiger charge is -2.48. The molecular weight excluding hydrogens is 190 g/mol. The Kier molecular flexibility index (Phi) is 1.73. The monoisotopic (exact) mass is 202 g/mol. The Morgan fingerprint density at radius 3 is 3.20 bits per heavy atom. The second-order valence-electron chi connectivity index (χ2n) is 3.99. The minimum Gasteiger partial charge on any atom is -0.361 e. The van der Waals surface area contributed by atoms with Gasteiger partial charge in [-0.15, -0.1) is 0 Å². The third-order valence-electron chi connectivity index (χ3n) is 3.20. The van der Waals surface area contributed by atoms with Crippen molar-refractivity contribution in [3.8, 4) is 0 Å². The van der Waals surface area contributed by atoms with Crippen molar-refractivity contribution in [3.05, 3.63) is 29.3 Å². The number of piperazine rings is 1. The van der Waals surface area contributed by atoms with E-state index in [1.54, 1.807) is 6.07 Å². The van der Waals surface area contributed by atoms with Crippen molar-refractivity contribution in [3.63, 3.8) is 0 Å². The minimum absolute atomic E-state index is 0.410. The second kappa shape index (κ2) is 2.97. The first kappa shape index (κ1) is 8.73. The maximum atomic E-state index is 11.2. The number of nitrogens with one attached hydrogen (secondary N) is 2. The van der Waals surface area contributed by atoms with Gasteiger partial charge in [0.2, 0.25) is 0 Å². The zero-order valence-electron chi connectivity index (χ0n) is 8.29. The van der Waals surface area contributed by atoms with Crippen molar-refractivity contribution in [1.29, 1.82) is 0 Å². The van der Waals surface area contributed by atoms with Gasteiger partial charge in [0.05, 0.1) is 17.3 Å². The largest absolute Gasteiger partial charge is 0.361 e. The first-order valence-electron chi connectivity index (χ1n) is 5.15. The molecule has 2 aliphatic heterocycles. The molecule has 0 bridgehead atoms. The highest BCUT2D eigenvalue weighted by Crippen LogP contribution is 2.45. The first-order chi connectivity index (χ1) is 7.29. The molecule has 2 N–H and O–H groups in total. The maximum Gasteiger partial charge on any atom is 0.271 e. The first-order valence-corrected chi connectivity index (χ1v) is 5.15. The lowest BCUT2D eigenvalue weighted by atomic mass is 9.88. The van der Waals surface area contributed by atoms with E-state index in [1.165, 1.54) is 5.56 Å². The predicted molar refractivity (Wildman–Crippen MR) is 56.8 cm³/mol. The molecule has 0 aliphatic carbocycles. The van der Waals surface area contributed by atoms with Gasteiger partial charge in [-0.2, -0.15) is 0 Å². The average Bonchev–Trinajstić information content (AvgIpc) is 2.24. The van der Waals surface area contributed by atoms with Crippen LogP contribution in [0.1, 0.15) is 22.0 Å². The van der Waals surface area contributed by atoms with Crippen LogP contribution in [-0.2, 0) is 0 Å². The zero-order chi connectivity index (χ0) is 10.4. The quantitative estimate of drug-likeness (QED) is 0.724. The Morgan fingerprint density at radius 2 is 2.40 bits per heavy atom. The molecule has 2 heterocycles. The van der Waals surface area contributed by atoms with Crippen molar-refractivity contribution >= 4 is 11.6 Å². The fraction of sp³-hybridized carbons (Fsp3) is 0.364. The summed E-state index contributed by atoms with van der Waals surface area (Å²) in [4.78, 5) is 13.4. The molecule has 0 saturated carbocycles. The van der Waals surface area contributed by atoms with Crippen molar-refractivity contribution in [2.75, 3.05) is 24.5 Å². The van der Waals surface area contributed by atoms with Gasteiger partial charge in [-0.25, -0.2) is 0 Å². The summed E-state index contributed by atoms with van der Waals surface area (Å²) in [5, 5.41) is 3.33. The Balaban J connectivity index is 2.09. The number of nitrogens with zero attached hydrogens (tertiary/aromatic N) is 1. The van der Waals surface area contributed by atoms with Gasteiger partial charge in [0.25, 0.3) is 5.91 Å². The van der Waals surface area contributed by atoms with Crippen molar-refractivity contribution < 1.29 is 4.79 Å². The van der Waals surface area contributed by atoms with E-state index < -0.39 is 5.91 Å². The summed E-state index contributed by atoms with van der Waals surface area (Å²) < 4.78 is 0. The number of fused-ring (bicyclic) bond motifs is 4. The number of rotatable bonds is 1. The van der Waals surface area contributed by atoms with Gasteiger partial charge in [-0.05, 0) is 11.6 Å². The fourth-order valence-corrected chi connectivity index (χ4v) is 2.52. The van der Waals surface area contributed by atoms with E-state index in [1.807, 2.05) is 6.07 Å². The Bertz CT molecular complexity index is 430. The number of carbonyl (C=O) groups excluding carboxylic acids is 1. The van der Waals surface area contributed by atoms with Crippen LogP contribution in [-0.4, -0.2) is 25.5 Å². The summed E-state index contributed by atoms with van der Waals surface area (Å²) in [5.74, 6) is -0.580. The van der Waals surface area contributed by atoms with Gasteiger partial charge in [-0.3, -0.25) is 10.5 Å². The summed E-state index contributed by atoms with van der Waals surface area (Å²) in [6.45, 7) is 2.83. The number of benzene rings is 1. The summed E-state index contributed by atoms with van der Waals surface area (Å²) in [6, 6.07) is 6.07. The van der Waals surface area contributed by atoms with Gasteiger partial charge in [-0.1, -0.05) is 12.1 Å². The number of carbonyl (C=O) groups is 1. The number of anilines is 1. The molecule has 1 aromatic carbocycles. The van der Waals surface area contributed by atoms with Crippen LogP contribution in [0.4, 0.5) is 5.69 Å². The molecule has 1 unspecified atom stereocenters. The van der Waals surface area contributed by atoms with Crippen LogP contribution < -0.4 is 16.0 Å². The highest BCUT2D eigenvalue weighted by atomic mass is 16.1. The fourth-order valence-electron chi connectivity index (χ4n) is 2.52. The van der Waals surface area contributed by atoms with Crippen LogP contribution in [0.2, 0.25) is 0 Å². The van der Waals surface area contributed by atoms with Crippen LogP contribution >= 0.6 is 0 Å². The van der Waals surface area contributed by atoms with Crippen LogP contribution in [0.5, 0.6) is 0 Å². The molecule has 4 nitrogen and oxygen atoms in total. The number of amides is 1. The summed E-state index contributed by atoms with van der Waals surface area (Å²) in [5.41, 5.74) is 9.96. The highest BCUT2D eigenvalue weighted by molar-refractivity contribution is 6.00. The van der Waals surface area contributed by atoms with E-state index >= 15 is 0 Å². The van der Waals surface area contributed by atoms with Gasteiger partial charge < -0.3 is 10.2 Å². The van der Waals surface area contributed by atoms with E-state index in [0.717, 1.165) is 25.3 Å². The Morgan fingerprint density at radius 1 is 1.53 bits per heavy atom. The molecule has 1 radical (unpaired) electrons. The SMILES string of the molecule is [NH]C(=O)c1cccc2c1N1CCNCC21. The number of hydrogen-bond acceptors (Lipinski definition) is 3. The summed E-state index contributed by atoms with van der Waals surface area (Å²) in [6.07, 6.45) is 0.